The maximum absolute atomic E-state index is 12.5. The molecule has 4 rings (SSSR count). The lowest BCUT2D eigenvalue weighted by Crippen LogP contribution is -2.49. The summed E-state index contributed by atoms with van der Waals surface area (Å²) < 4.78 is 6.06. The lowest BCUT2D eigenvalue weighted by atomic mass is 9.93. The quantitative estimate of drug-likeness (QED) is 0.896. The molecule has 0 unspecified atom stereocenters. The van der Waals surface area contributed by atoms with Crippen LogP contribution in [0.5, 0.6) is 0 Å². The van der Waals surface area contributed by atoms with Gasteiger partial charge in [-0.3, -0.25) is 4.79 Å². The molecule has 2 saturated heterocycles. The van der Waals surface area contributed by atoms with E-state index < -0.39 is 0 Å². The summed E-state index contributed by atoms with van der Waals surface area (Å²) in [5.41, 5.74) is 0.640. The minimum absolute atomic E-state index is 0.0505. The van der Waals surface area contributed by atoms with Gasteiger partial charge in [0.05, 0.1) is 12.7 Å². The van der Waals surface area contributed by atoms with Crippen LogP contribution >= 0.6 is 0 Å². The molecule has 7 heteroatoms. The van der Waals surface area contributed by atoms with Gasteiger partial charge in [-0.15, -0.1) is 0 Å². The average Bonchev–Trinajstić information content (AvgIpc) is 3.08. The summed E-state index contributed by atoms with van der Waals surface area (Å²) >= 11 is 0. The number of aromatic amines is 1. The zero-order valence-corrected chi connectivity index (χ0v) is 13.5. The lowest BCUT2D eigenvalue weighted by molar-refractivity contribution is -0.0170. The van der Waals surface area contributed by atoms with Crippen LogP contribution < -0.4 is 4.90 Å². The first kappa shape index (κ1) is 15.1. The number of rotatable bonds is 2. The Bertz CT molecular complexity index is 676. The van der Waals surface area contributed by atoms with Crippen molar-refractivity contribution in [2.45, 2.75) is 12.5 Å². The molecule has 2 aromatic heterocycles. The molecule has 0 radical (unpaired) electrons. The molecule has 2 fully saturated rings. The van der Waals surface area contributed by atoms with Crippen LogP contribution in [0, 0.1) is 5.92 Å². The van der Waals surface area contributed by atoms with Gasteiger partial charge in [-0.05, 0) is 24.6 Å². The van der Waals surface area contributed by atoms with Crippen LogP contribution in [0.25, 0.3) is 0 Å². The molecular formula is C17H21N5O2. The number of nitrogens with zero attached hydrogens (tertiary/aromatic N) is 4. The van der Waals surface area contributed by atoms with Gasteiger partial charge in [0.2, 0.25) is 5.95 Å². The van der Waals surface area contributed by atoms with E-state index in [1.807, 2.05) is 23.1 Å². The van der Waals surface area contributed by atoms with Gasteiger partial charge >= 0.3 is 0 Å². The van der Waals surface area contributed by atoms with Crippen LogP contribution in [0.15, 0.2) is 36.8 Å². The number of carbonyl (C=O) groups excluding carboxylic acids is 1. The molecule has 24 heavy (non-hydrogen) atoms. The number of H-pyrrole nitrogens is 1. The molecule has 2 aliphatic rings. The molecule has 0 aromatic carbocycles. The summed E-state index contributed by atoms with van der Waals surface area (Å²) in [7, 11) is 0. The van der Waals surface area contributed by atoms with E-state index in [9.17, 15) is 4.79 Å². The van der Waals surface area contributed by atoms with Gasteiger partial charge in [0, 0.05) is 50.7 Å². The Kier molecular flexibility index (Phi) is 4.17. The minimum Gasteiger partial charge on any atom is -0.374 e. The Morgan fingerprint density at radius 3 is 2.88 bits per heavy atom. The van der Waals surface area contributed by atoms with Crippen LogP contribution in [0.1, 0.15) is 16.9 Å². The van der Waals surface area contributed by atoms with Crippen molar-refractivity contribution in [1.82, 2.24) is 19.9 Å². The highest BCUT2D eigenvalue weighted by molar-refractivity contribution is 5.92. The molecule has 0 spiro atoms. The summed E-state index contributed by atoms with van der Waals surface area (Å²) in [6, 6.07) is 5.49. The van der Waals surface area contributed by atoms with E-state index in [-0.39, 0.29) is 12.0 Å². The summed E-state index contributed by atoms with van der Waals surface area (Å²) in [6.45, 7) is 3.68. The number of ether oxygens (including phenoxy) is 1. The summed E-state index contributed by atoms with van der Waals surface area (Å²) in [5, 5.41) is 0. The van der Waals surface area contributed by atoms with Crippen LogP contribution in [-0.2, 0) is 4.74 Å². The smallest absolute Gasteiger partial charge is 0.270 e. The molecule has 7 nitrogen and oxygen atoms in total. The largest absolute Gasteiger partial charge is 0.374 e. The number of amides is 1. The molecule has 2 atom stereocenters. The lowest BCUT2D eigenvalue weighted by Gasteiger charge is -2.37. The summed E-state index contributed by atoms with van der Waals surface area (Å²) in [5.74, 6) is 1.20. The molecule has 126 valence electrons. The van der Waals surface area contributed by atoms with E-state index in [0.29, 0.717) is 24.8 Å². The number of hydrogen-bond acceptors (Lipinski definition) is 5. The molecule has 2 aromatic rings. The Morgan fingerprint density at radius 2 is 2.08 bits per heavy atom. The fourth-order valence-electron chi connectivity index (χ4n) is 3.51. The van der Waals surface area contributed by atoms with Crippen molar-refractivity contribution in [2.75, 3.05) is 37.7 Å². The number of likely N-dealkylation sites (tertiary alicyclic amines) is 1. The highest BCUT2D eigenvalue weighted by atomic mass is 16.5. The van der Waals surface area contributed by atoms with Crippen molar-refractivity contribution >= 4 is 11.9 Å². The molecule has 2 aliphatic heterocycles. The Labute approximate surface area is 140 Å². The topological polar surface area (TPSA) is 74.4 Å². The normalized spacial score (nSPS) is 24.3. The number of anilines is 1. The van der Waals surface area contributed by atoms with Crippen molar-refractivity contribution in [3.63, 3.8) is 0 Å². The maximum atomic E-state index is 12.5. The van der Waals surface area contributed by atoms with Gasteiger partial charge in [-0.25, -0.2) is 9.97 Å². The molecule has 1 amide bonds. The highest BCUT2D eigenvalue weighted by Crippen LogP contribution is 2.26. The first-order chi connectivity index (χ1) is 11.8. The second kappa shape index (κ2) is 6.60. The van der Waals surface area contributed by atoms with Crippen molar-refractivity contribution in [3.05, 3.63) is 42.5 Å². The van der Waals surface area contributed by atoms with E-state index in [1.165, 1.54) is 0 Å². The monoisotopic (exact) mass is 327 g/mol. The van der Waals surface area contributed by atoms with Crippen LogP contribution in [0.3, 0.4) is 0 Å². The van der Waals surface area contributed by atoms with Gasteiger partial charge in [0.25, 0.3) is 5.91 Å². The van der Waals surface area contributed by atoms with Crippen LogP contribution in [0.4, 0.5) is 5.95 Å². The number of hydrogen-bond donors (Lipinski definition) is 1. The van der Waals surface area contributed by atoms with Gasteiger partial charge < -0.3 is 19.5 Å². The molecule has 0 saturated carbocycles. The van der Waals surface area contributed by atoms with Gasteiger partial charge in [-0.1, -0.05) is 0 Å². The van der Waals surface area contributed by atoms with E-state index in [0.717, 1.165) is 32.0 Å². The van der Waals surface area contributed by atoms with Crippen molar-refractivity contribution in [1.29, 1.82) is 0 Å². The van der Waals surface area contributed by atoms with E-state index in [2.05, 4.69) is 19.9 Å². The van der Waals surface area contributed by atoms with Gasteiger partial charge in [0.1, 0.15) is 5.69 Å². The van der Waals surface area contributed by atoms with Crippen molar-refractivity contribution in [3.8, 4) is 0 Å². The van der Waals surface area contributed by atoms with E-state index >= 15 is 0 Å². The SMILES string of the molecule is O=C(c1ccc[nH]1)N1CC[C@H]2CN(c3ncccn3)CCO[C@H]2C1. The fraction of sp³-hybridized carbons (Fsp3) is 0.471. The highest BCUT2D eigenvalue weighted by Gasteiger charge is 2.35. The molecule has 0 aliphatic carbocycles. The van der Waals surface area contributed by atoms with Crippen molar-refractivity contribution in [2.24, 2.45) is 5.92 Å². The zero-order valence-electron chi connectivity index (χ0n) is 13.5. The Balaban J connectivity index is 1.44. The number of nitrogens with one attached hydrogen (secondary N) is 1. The van der Waals surface area contributed by atoms with Crippen molar-refractivity contribution < 1.29 is 9.53 Å². The third-order valence-corrected chi connectivity index (χ3v) is 4.79. The molecule has 1 N–H and O–H groups in total. The first-order valence-electron chi connectivity index (χ1n) is 8.37. The van der Waals surface area contributed by atoms with E-state index in [1.54, 1.807) is 18.6 Å². The second-order valence-electron chi connectivity index (χ2n) is 6.29. The third-order valence-electron chi connectivity index (χ3n) is 4.79. The molecule has 4 heterocycles. The Hall–Kier alpha value is -2.41. The number of carbonyl (C=O) groups is 1. The average molecular weight is 327 g/mol. The standard InChI is InChI=1S/C17H21N5O2/c23-16(14-3-1-5-18-14)21-8-4-13-11-22(9-10-24-15(13)12-21)17-19-6-2-7-20-17/h1-3,5-7,13,15,18H,4,8-12H2/t13-,15-/m0/s1. The Morgan fingerprint density at radius 1 is 1.21 bits per heavy atom. The maximum Gasteiger partial charge on any atom is 0.270 e. The molecular weight excluding hydrogens is 306 g/mol. The predicted molar refractivity (Wildman–Crippen MR) is 88.8 cm³/mol. The fourth-order valence-corrected chi connectivity index (χ4v) is 3.51. The summed E-state index contributed by atoms with van der Waals surface area (Å²) in [6.07, 6.45) is 6.32. The number of piperidine rings is 1. The predicted octanol–water partition coefficient (Wildman–Crippen LogP) is 1.17. The zero-order chi connectivity index (χ0) is 16.4. The number of aromatic nitrogens is 3. The second-order valence-corrected chi connectivity index (χ2v) is 6.29. The van der Waals surface area contributed by atoms with Gasteiger partial charge in [0.15, 0.2) is 0 Å². The number of fused-ring (bicyclic) bond motifs is 1. The van der Waals surface area contributed by atoms with Crippen LogP contribution in [-0.4, -0.2) is 64.6 Å². The third kappa shape index (κ3) is 2.99. The first-order valence-corrected chi connectivity index (χ1v) is 8.37. The van der Waals surface area contributed by atoms with Crippen LogP contribution in [0.2, 0.25) is 0 Å². The molecule has 0 bridgehead atoms. The minimum atomic E-state index is 0.0505. The summed E-state index contributed by atoms with van der Waals surface area (Å²) in [4.78, 5) is 28.3. The van der Waals surface area contributed by atoms with E-state index in [4.69, 9.17) is 4.74 Å². The van der Waals surface area contributed by atoms with Gasteiger partial charge in [-0.2, -0.15) is 0 Å².